The van der Waals surface area contributed by atoms with E-state index < -0.39 is 0 Å². The standard InChI is InChI=1S/C11H15NO/c1-8-5-6-12(2)11-7-9(13)3-4-10(8)11/h3-4,7-8,13H,5-6H2,1-2H3. The molecule has 2 nitrogen and oxygen atoms in total. The maximum Gasteiger partial charge on any atom is 0.117 e. The summed E-state index contributed by atoms with van der Waals surface area (Å²) in [5.41, 5.74) is 2.53. The van der Waals surface area contributed by atoms with Crippen LogP contribution in [0.2, 0.25) is 0 Å². The fourth-order valence-electron chi connectivity index (χ4n) is 1.94. The van der Waals surface area contributed by atoms with Crippen molar-refractivity contribution in [2.24, 2.45) is 0 Å². The minimum atomic E-state index is 0.361. The van der Waals surface area contributed by atoms with Crippen molar-refractivity contribution in [3.05, 3.63) is 23.8 Å². The monoisotopic (exact) mass is 177 g/mol. The number of phenols is 1. The fourth-order valence-corrected chi connectivity index (χ4v) is 1.94. The summed E-state index contributed by atoms with van der Waals surface area (Å²) < 4.78 is 0. The zero-order chi connectivity index (χ0) is 9.42. The van der Waals surface area contributed by atoms with E-state index in [2.05, 4.69) is 18.9 Å². The van der Waals surface area contributed by atoms with Gasteiger partial charge >= 0.3 is 0 Å². The van der Waals surface area contributed by atoms with Gasteiger partial charge in [-0.25, -0.2) is 0 Å². The van der Waals surface area contributed by atoms with E-state index in [9.17, 15) is 5.11 Å². The van der Waals surface area contributed by atoms with E-state index in [1.54, 1.807) is 6.07 Å². The van der Waals surface area contributed by atoms with E-state index in [0.717, 1.165) is 6.54 Å². The van der Waals surface area contributed by atoms with Crippen LogP contribution in [0.1, 0.15) is 24.8 Å². The number of anilines is 1. The van der Waals surface area contributed by atoms with E-state index >= 15 is 0 Å². The van der Waals surface area contributed by atoms with Gasteiger partial charge < -0.3 is 10.0 Å². The minimum Gasteiger partial charge on any atom is -0.508 e. The highest BCUT2D eigenvalue weighted by Gasteiger charge is 2.19. The summed E-state index contributed by atoms with van der Waals surface area (Å²) in [7, 11) is 2.07. The second kappa shape index (κ2) is 2.95. The van der Waals surface area contributed by atoms with Crippen LogP contribution in [-0.2, 0) is 0 Å². The summed E-state index contributed by atoms with van der Waals surface area (Å²) in [5, 5.41) is 9.37. The van der Waals surface area contributed by atoms with E-state index in [1.165, 1.54) is 17.7 Å². The first kappa shape index (κ1) is 8.42. The Hall–Kier alpha value is -1.18. The topological polar surface area (TPSA) is 23.5 Å². The Morgan fingerprint density at radius 1 is 1.46 bits per heavy atom. The third-order valence-corrected chi connectivity index (χ3v) is 2.85. The molecule has 0 amide bonds. The molecule has 0 aromatic heterocycles. The molecule has 0 saturated carbocycles. The number of phenolic OH excluding ortho intramolecular Hbond substituents is 1. The van der Waals surface area contributed by atoms with Crippen LogP contribution in [0.15, 0.2) is 18.2 Å². The quantitative estimate of drug-likeness (QED) is 0.657. The predicted octanol–water partition coefficient (Wildman–Crippen LogP) is 2.34. The first-order chi connectivity index (χ1) is 6.18. The van der Waals surface area contributed by atoms with Gasteiger partial charge in [0.05, 0.1) is 0 Å². The normalized spacial score (nSPS) is 21.4. The Kier molecular flexibility index (Phi) is 1.91. The largest absolute Gasteiger partial charge is 0.508 e. The molecule has 2 heteroatoms. The maximum atomic E-state index is 9.37. The number of hydrogen-bond donors (Lipinski definition) is 1. The van der Waals surface area contributed by atoms with Crippen LogP contribution in [0.3, 0.4) is 0 Å². The summed E-state index contributed by atoms with van der Waals surface area (Å²) in [6.07, 6.45) is 1.20. The molecule has 1 unspecified atom stereocenters. The molecule has 1 heterocycles. The van der Waals surface area contributed by atoms with Gasteiger partial charge in [0, 0.05) is 25.3 Å². The van der Waals surface area contributed by atoms with Crippen LogP contribution in [0.25, 0.3) is 0 Å². The van der Waals surface area contributed by atoms with Crippen LogP contribution in [0.4, 0.5) is 5.69 Å². The first-order valence-corrected chi connectivity index (χ1v) is 4.72. The highest BCUT2D eigenvalue weighted by atomic mass is 16.3. The SMILES string of the molecule is CC1CCN(C)c2cc(O)ccc21. The highest BCUT2D eigenvalue weighted by molar-refractivity contribution is 5.59. The molecule has 0 fully saturated rings. The Labute approximate surface area is 78.8 Å². The van der Waals surface area contributed by atoms with E-state index in [4.69, 9.17) is 0 Å². The van der Waals surface area contributed by atoms with Gasteiger partial charge in [0.1, 0.15) is 5.75 Å². The van der Waals surface area contributed by atoms with Crippen molar-refractivity contribution in [1.29, 1.82) is 0 Å². The van der Waals surface area contributed by atoms with Gasteiger partial charge in [0.2, 0.25) is 0 Å². The van der Waals surface area contributed by atoms with Crippen LogP contribution < -0.4 is 4.90 Å². The van der Waals surface area contributed by atoms with Gasteiger partial charge in [-0.15, -0.1) is 0 Å². The molecule has 1 aliphatic heterocycles. The molecular weight excluding hydrogens is 162 g/mol. The van der Waals surface area contributed by atoms with Crippen LogP contribution in [-0.4, -0.2) is 18.7 Å². The average molecular weight is 177 g/mol. The molecule has 1 atom stereocenters. The highest BCUT2D eigenvalue weighted by Crippen LogP contribution is 2.35. The Bertz CT molecular complexity index is 322. The van der Waals surface area contributed by atoms with Gasteiger partial charge in [-0.05, 0) is 24.0 Å². The van der Waals surface area contributed by atoms with Crippen molar-refractivity contribution in [2.45, 2.75) is 19.3 Å². The van der Waals surface area contributed by atoms with E-state index in [1.807, 2.05) is 12.1 Å². The Morgan fingerprint density at radius 2 is 2.23 bits per heavy atom. The first-order valence-electron chi connectivity index (χ1n) is 4.72. The van der Waals surface area contributed by atoms with Crippen LogP contribution in [0, 0.1) is 0 Å². The summed E-state index contributed by atoms with van der Waals surface area (Å²) >= 11 is 0. The van der Waals surface area contributed by atoms with E-state index in [0.29, 0.717) is 11.7 Å². The maximum absolute atomic E-state index is 9.37. The van der Waals surface area contributed by atoms with Gasteiger partial charge in [-0.1, -0.05) is 13.0 Å². The molecule has 13 heavy (non-hydrogen) atoms. The molecule has 2 rings (SSSR count). The van der Waals surface area contributed by atoms with Crippen LogP contribution >= 0.6 is 0 Å². The zero-order valence-electron chi connectivity index (χ0n) is 8.12. The smallest absolute Gasteiger partial charge is 0.117 e. The van der Waals surface area contributed by atoms with Crippen LogP contribution in [0.5, 0.6) is 5.75 Å². The number of aromatic hydroxyl groups is 1. The summed E-state index contributed by atoms with van der Waals surface area (Å²) in [4.78, 5) is 2.20. The molecule has 0 spiro atoms. The van der Waals surface area contributed by atoms with Crippen molar-refractivity contribution in [2.75, 3.05) is 18.5 Å². The number of hydrogen-bond acceptors (Lipinski definition) is 2. The third kappa shape index (κ3) is 1.37. The molecule has 1 aromatic carbocycles. The number of fused-ring (bicyclic) bond motifs is 1. The lowest BCUT2D eigenvalue weighted by molar-refractivity contribution is 0.474. The zero-order valence-corrected chi connectivity index (χ0v) is 8.12. The van der Waals surface area contributed by atoms with Gasteiger partial charge in [-0.3, -0.25) is 0 Å². The second-order valence-electron chi connectivity index (χ2n) is 3.85. The molecule has 0 bridgehead atoms. The molecular formula is C11H15NO. The molecule has 1 aliphatic rings. The minimum absolute atomic E-state index is 0.361. The Morgan fingerprint density at radius 3 is 3.00 bits per heavy atom. The average Bonchev–Trinajstić information content (AvgIpc) is 2.12. The lowest BCUT2D eigenvalue weighted by Gasteiger charge is -2.31. The second-order valence-corrected chi connectivity index (χ2v) is 3.85. The van der Waals surface area contributed by atoms with Gasteiger partial charge in [0.25, 0.3) is 0 Å². The molecule has 0 saturated heterocycles. The predicted molar refractivity (Wildman–Crippen MR) is 54.4 cm³/mol. The molecule has 1 N–H and O–H groups in total. The van der Waals surface area contributed by atoms with Crippen molar-refractivity contribution in [1.82, 2.24) is 0 Å². The third-order valence-electron chi connectivity index (χ3n) is 2.85. The molecule has 0 radical (unpaired) electrons. The summed E-state index contributed by atoms with van der Waals surface area (Å²) in [6, 6.07) is 5.66. The molecule has 0 aliphatic carbocycles. The molecule has 70 valence electrons. The Balaban J connectivity index is 2.50. The van der Waals surface area contributed by atoms with Gasteiger partial charge in [0.15, 0.2) is 0 Å². The lowest BCUT2D eigenvalue weighted by Crippen LogP contribution is -2.26. The summed E-state index contributed by atoms with van der Waals surface area (Å²) in [5.74, 6) is 0.978. The lowest BCUT2D eigenvalue weighted by atomic mass is 9.92. The van der Waals surface area contributed by atoms with Crippen molar-refractivity contribution >= 4 is 5.69 Å². The van der Waals surface area contributed by atoms with Crippen molar-refractivity contribution < 1.29 is 5.11 Å². The fraction of sp³-hybridized carbons (Fsp3) is 0.455. The number of benzene rings is 1. The van der Waals surface area contributed by atoms with Crippen molar-refractivity contribution in [3.8, 4) is 5.75 Å². The van der Waals surface area contributed by atoms with Gasteiger partial charge in [-0.2, -0.15) is 0 Å². The number of nitrogens with zero attached hydrogens (tertiary/aromatic N) is 1. The van der Waals surface area contributed by atoms with Crippen molar-refractivity contribution in [3.63, 3.8) is 0 Å². The summed E-state index contributed by atoms with van der Waals surface area (Å²) in [6.45, 7) is 3.32. The number of rotatable bonds is 0. The van der Waals surface area contributed by atoms with E-state index in [-0.39, 0.29) is 0 Å². The molecule has 1 aromatic rings.